The summed E-state index contributed by atoms with van der Waals surface area (Å²) in [5, 5.41) is 12.0. The van der Waals surface area contributed by atoms with Crippen molar-refractivity contribution < 1.29 is 16.5 Å². The van der Waals surface area contributed by atoms with E-state index in [9.17, 15) is 0 Å². The molecule has 0 bridgehead atoms. The molecular formula is C4H12N6NiS2-2. The number of rotatable bonds is 0. The minimum absolute atomic E-state index is 0. The number of amidine groups is 2. The molecule has 0 saturated heterocycles. The summed E-state index contributed by atoms with van der Waals surface area (Å²) in [7, 11) is 3.33. The van der Waals surface area contributed by atoms with Crippen LogP contribution < -0.4 is 22.3 Å². The van der Waals surface area contributed by atoms with Crippen molar-refractivity contribution in [3.05, 3.63) is 0 Å². The van der Waals surface area contributed by atoms with Gasteiger partial charge in [-0.05, 0) is 10.3 Å². The zero-order valence-electron chi connectivity index (χ0n) is 7.18. The van der Waals surface area contributed by atoms with Gasteiger partial charge in [0, 0.05) is 30.6 Å². The Morgan fingerprint density at radius 1 is 1.00 bits per heavy atom. The largest absolute Gasteiger partial charge is 0.741 e. The molecule has 9 heteroatoms. The minimum Gasteiger partial charge on any atom is -0.741 e. The van der Waals surface area contributed by atoms with Crippen molar-refractivity contribution >= 4 is 35.6 Å². The van der Waals surface area contributed by atoms with Gasteiger partial charge in [0.15, 0.2) is 0 Å². The fourth-order valence-electron chi connectivity index (χ4n) is 0.129. The van der Waals surface area contributed by atoms with Gasteiger partial charge in [-0.15, -0.1) is 0 Å². The normalized spacial score (nSPS) is 10.3. The third kappa shape index (κ3) is 18.4. The van der Waals surface area contributed by atoms with Crippen LogP contribution in [0.15, 0.2) is 10.2 Å². The molecule has 0 aliphatic heterocycles. The molecule has 0 fully saturated rings. The van der Waals surface area contributed by atoms with E-state index in [0.29, 0.717) is 10.3 Å². The van der Waals surface area contributed by atoms with E-state index in [1.165, 1.54) is 0 Å². The molecule has 0 aromatic rings. The first-order valence-electron chi connectivity index (χ1n) is 2.87. The van der Waals surface area contributed by atoms with Crippen LogP contribution in [0, 0.1) is 0 Å². The molecule has 0 aromatic carbocycles. The van der Waals surface area contributed by atoms with Crippen LogP contribution in [0.3, 0.4) is 0 Å². The molecule has 0 atom stereocenters. The van der Waals surface area contributed by atoms with Gasteiger partial charge in [0.2, 0.25) is 0 Å². The van der Waals surface area contributed by atoms with E-state index in [-0.39, 0.29) is 16.5 Å². The van der Waals surface area contributed by atoms with E-state index in [2.05, 4.69) is 46.1 Å². The smallest absolute Gasteiger partial charge is 0.00282 e. The summed E-state index contributed by atoms with van der Waals surface area (Å²) >= 11 is 8.91. The maximum absolute atomic E-state index is 4.70. The first kappa shape index (κ1) is 18.3. The van der Waals surface area contributed by atoms with E-state index < -0.39 is 0 Å². The molecule has 0 rings (SSSR count). The number of hydrogen-bond acceptors (Lipinski definition) is 6. The topological polar surface area (TPSA) is 101 Å². The maximum Gasteiger partial charge on any atom is 0.00282 e. The van der Waals surface area contributed by atoms with Gasteiger partial charge in [0.25, 0.3) is 0 Å². The van der Waals surface area contributed by atoms with Crippen LogP contribution in [-0.2, 0) is 41.7 Å². The molecule has 0 unspecified atom stereocenters. The van der Waals surface area contributed by atoms with Crippen molar-refractivity contribution in [2.75, 3.05) is 14.1 Å². The van der Waals surface area contributed by atoms with Crippen molar-refractivity contribution in [2.24, 2.45) is 21.9 Å². The molecule has 6 nitrogen and oxygen atoms in total. The van der Waals surface area contributed by atoms with E-state index >= 15 is 0 Å². The Hall–Kier alpha value is -0.526. The van der Waals surface area contributed by atoms with Gasteiger partial charge in [-0.3, -0.25) is 0 Å². The molecular weight excluding hydrogens is 255 g/mol. The molecule has 6 N–H and O–H groups in total. The summed E-state index contributed by atoms with van der Waals surface area (Å²) in [5.74, 6) is 9.41. The van der Waals surface area contributed by atoms with Crippen molar-refractivity contribution in [1.29, 1.82) is 0 Å². The fraction of sp³-hybridized carbons (Fsp3) is 0.500. The molecule has 82 valence electrons. The summed E-state index contributed by atoms with van der Waals surface area (Å²) in [6.07, 6.45) is 0. The van der Waals surface area contributed by atoms with Gasteiger partial charge in [0.1, 0.15) is 0 Å². The van der Waals surface area contributed by atoms with Crippen LogP contribution in [0.4, 0.5) is 0 Å². The molecule has 0 aliphatic carbocycles. The van der Waals surface area contributed by atoms with Gasteiger partial charge in [-0.25, -0.2) is 0 Å². The van der Waals surface area contributed by atoms with Crippen LogP contribution in [-0.4, -0.2) is 24.4 Å². The van der Waals surface area contributed by atoms with Gasteiger partial charge >= 0.3 is 0 Å². The van der Waals surface area contributed by atoms with Crippen molar-refractivity contribution in [3.8, 4) is 0 Å². The van der Waals surface area contributed by atoms with Crippen LogP contribution in [0.5, 0.6) is 0 Å². The number of hydrogen-bond donors (Lipinski definition) is 4. The third-order valence-electron chi connectivity index (χ3n) is 0.662. The SMILES string of the molecule is CNC([S-])=NN.CNC([S-])=NN.[Ni]. The maximum atomic E-state index is 4.70. The van der Waals surface area contributed by atoms with Crippen molar-refractivity contribution in [3.63, 3.8) is 0 Å². The van der Waals surface area contributed by atoms with E-state index in [0.717, 1.165) is 0 Å². The van der Waals surface area contributed by atoms with Crippen LogP contribution in [0.25, 0.3) is 0 Å². The first-order valence-corrected chi connectivity index (χ1v) is 3.69. The zero-order valence-corrected chi connectivity index (χ0v) is 9.80. The van der Waals surface area contributed by atoms with E-state index in [1.54, 1.807) is 14.1 Å². The summed E-state index contributed by atoms with van der Waals surface area (Å²) in [4.78, 5) is 0. The Labute approximate surface area is 98.7 Å². The molecule has 0 amide bonds. The second kappa shape index (κ2) is 14.0. The van der Waals surface area contributed by atoms with Crippen molar-refractivity contribution in [1.82, 2.24) is 10.6 Å². The molecule has 0 spiro atoms. The summed E-state index contributed by atoms with van der Waals surface area (Å²) in [6.45, 7) is 0. The average Bonchev–Trinajstić information content (AvgIpc) is 2.16. The number of hydrazone groups is 2. The molecule has 0 aliphatic rings. The second-order valence-corrected chi connectivity index (χ2v) is 2.14. The van der Waals surface area contributed by atoms with Crippen LogP contribution >= 0.6 is 0 Å². The standard InChI is InChI=1S/2C2H7N3S.Ni/c2*1-4-2(6)5-3;/h2*3H2,1H3,(H2,4,5,6);/p-2. The molecule has 0 aromatic heterocycles. The predicted molar refractivity (Wildman–Crippen MR) is 56.1 cm³/mol. The monoisotopic (exact) mass is 266 g/mol. The minimum atomic E-state index is 0. The molecule has 13 heavy (non-hydrogen) atoms. The Morgan fingerprint density at radius 2 is 1.23 bits per heavy atom. The summed E-state index contributed by atoms with van der Waals surface area (Å²) < 4.78 is 0. The number of nitrogens with two attached hydrogens (primary N) is 2. The quantitative estimate of drug-likeness (QED) is 0.101. The number of nitrogens with one attached hydrogen (secondary N) is 2. The molecule has 0 radical (unpaired) electrons. The third-order valence-corrected chi connectivity index (χ3v) is 1.28. The van der Waals surface area contributed by atoms with Gasteiger partial charge in [-0.1, -0.05) is 0 Å². The van der Waals surface area contributed by atoms with Crippen molar-refractivity contribution in [2.45, 2.75) is 0 Å². The summed E-state index contributed by atoms with van der Waals surface area (Å²) in [5.41, 5.74) is 0. The van der Waals surface area contributed by atoms with E-state index in [1.807, 2.05) is 0 Å². The Balaban J connectivity index is -0.000000143. The van der Waals surface area contributed by atoms with Gasteiger partial charge in [0.05, 0.1) is 0 Å². The number of nitrogens with zero attached hydrogens (tertiary/aromatic N) is 2. The molecule has 0 saturated carbocycles. The average molecular weight is 267 g/mol. The van der Waals surface area contributed by atoms with Crippen LogP contribution in [0.2, 0.25) is 0 Å². The molecule has 0 heterocycles. The first-order chi connectivity index (χ1) is 5.62. The van der Waals surface area contributed by atoms with Gasteiger partial charge < -0.3 is 47.6 Å². The Morgan fingerprint density at radius 3 is 1.23 bits per heavy atom. The fourth-order valence-corrected chi connectivity index (χ4v) is 0.129. The summed E-state index contributed by atoms with van der Waals surface area (Å²) in [6, 6.07) is 0. The van der Waals surface area contributed by atoms with Gasteiger partial charge in [-0.2, -0.15) is 10.2 Å². The van der Waals surface area contributed by atoms with Crippen LogP contribution in [0.1, 0.15) is 0 Å². The van der Waals surface area contributed by atoms with E-state index in [4.69, 9.17) is 11.7 Å². The Kier molecular flexibility index (Phi) is 19.7. The second-order valence-electron chi connectivity index (χ2n) is 1.37. The zero-order chi connectivity index (χ0) is 9.98. The predicted octanol–water partition coefficient (Wildman–Crippen LogP) is -2.04. The Bertz CT molecular complexity index is 143.